The maximum atomic E-state index is 14.0. The van der Waals surface area contributed by atoms with E-state index in [1.807, 2.05) is 5.32 Å². The van der Waals surface area contributed by atoms with Crippen molar-refractivity contribution in [3.8, 4) is 0 Å². The van der Waals surface area contributed by atoms with Crippen molar-refractivity contribution in [2.24, 2.45) is 0 Å². The summed E-state index contributed by atoms with van der Waals surface area (Å²) >= 11 is 0. The minimum Gasteiger partial charge on any atom is -0.346 e. The van der Waals surface area contributed by atoms with Gasteiger partial charge < -0.3 is 5.32 Å². The Bertz CT molecular complexity index is 724. The predicted molar refractivity (Wildman–Crippen MR) is 74.1 cm³/mol. The van der Waals surface area contributed by atoms with Crippen molar-refractivity contribution in [1.29, 1.82) is 0 Å². The Morgan fingerprint density at radius 2 is 1.42 bits per heavy atom. The van der Waals surface area contributed by atoms with E-state index in [9.17, 15) is 31.1 Å². The molecule has 0 bridgehead atoms. The van der Waals surface area contributed by atoms with Crippen molar-refractivity contribution in [2.45, 2.75) is 12.1 Å². The lowest BCUT2D eigenvalue weighted by atomic mass is 10.1. The Kier molecular flexibility index (Phi) is 4.86. The SMILES string of the molecule is O=C(NCC(F)(F)c1ccc(C(F)(F)F)cc1)c1ccccc1F. The third kappa shape index (κ3) is 4.06. The van der Waals surface area contributed by atoms with Crippen LogP contribution in [-0.2, 0) is 12.1 Å². The first-order valence-electron chi connectivity index (χ1n) is 6.69. The molecule has 2 aromatic carbocycles. The predicted octanol–water partition coefficient (Wildman–Crippen LogP) is 4.37. The lowest BCUT2D eigenvalue weighted by Crippen LogP contribution is -2.35. The first kappa shape index (κ1) is 17.8. The van der Waals surface area contributed by atoms with Crippen molar-refractivity contribution in [2.75, 3.05) is 6.54 Å². The minimum absolute atomic E-state index is 0.402. The van der Waals surface area contributed by atoms with Crippen molar-refractivity contribution in [3.63, 3.8) is 0 Å². The lowest BCUT2D eigenvalue weighted by Gasteiger charge is -2.18. The number of carbonyl (C=O) groups excluding carboxylic acids is 1. The maximum Gasteiger partial charge on any atom is 0.416 e. The van der Waals surface area contributed by atoms with E-state index in [0.717, 1.165) is 12.1 Å². The minimum atomic E-state index is -4.63. The van der Waals surface area contributed by atoms with Gasteiger partial charge in [0.1, 0.15) is 5.82 Å². The molecule has 0 saturated carbocycles. The molecular formula is C16H11F6NO. The number of benzene rings is 2. The van der Waals surface area contributed by atoms with Crippen LogP contribution in [0.15, 0.2) is 48.5 Å². The summed E-state index contributed by atoms with van der Waals surface area (Å²) in [6, 6.07) is 7.17. The highest BCUT2D eigenvalue weighted by atomic mass is 19.4. The van der Waals surface area contributed by atoms with Crippen molar-refractivity contribution in [1.82, 2.24) is 5.32 Å². The molecule has 1 amide bonds. The second-order valence-electron chi connectivity index (χ2n) is 4.94. The highest BCUT2D eigenvalue weighted by molar-refractivity contribution is 5.94. The summed E-state index contributed by atoms with van der Waals surface area (Å²) in [5, 5.41) is 1.87. The zero-order valence-corrected chi connectivity index (χ0v) is 12.0. The summed E-state index contributed by atoms with van der Waals surface area (Å²) in [6.07, 6.45) is -4.63. The van der Waals surface area contributed by atoms with Gasteiger partial charge in [0.05, 0.1) is 17.7 Å². The fraction of sp³-hybridized carbons (Fsp3) is 0.188. The second kappa shape index (κ2) is 6.54. The van der Waals surface area contributed by atoms with Gasteiger partial charge in [-0.3, -0.25) is 4.79 Å². The number of amides is 1. The van der Waals surface area contributed by atoms with Gasteiger partial charge in [-0.25, -0.2) is 4.39 Å². The van der Waals surface area contributed by atoms with Gasteiger partial charge >= 0.3 is 6.18 Å². The Morgan fingerprint density at radius 1 is 0.875 bits per heavy atom. The van der Waals surface area contributed by atoms with Crippen molar-refractivity contribution >= 4 is 5.91 Å². The highest BCUT2D eigenvalue weighted by Crippen LogP contribution is 2.32. The fourth-order valence-electron chi connectivity index (χ4n) is 1.94. The van der Waals surface area contributed by atoms with E-state index in [0.29, 0.717) is 24.3 Å². The van der Waals surface area contributed by atoms with E-state index in [2.05, 4.69) is 0 Å². The third-order valence-electron chi connectivity index (χ3n) is 3.22. The van der Waals surface area contributed by atoms with E-state index in [1.165, 1.54) is 12.1 Å². The third-order valence-corrected chi connectivity index (χ3v) is 3.22. The average molecular weight is 347 g/mol. The Labute approximate surface area is 133 Å². The Balaban J connectivity index is 2.08. The topological polar surface area (TPSA) is 29.1 Å². The number of hydrogen-bond donors (Lipinski definition) is 1. The number of alkyl halides is 5. The number of nitrogens with one attached hydrogen (secondary N) is 1. The molecule has 0 heterocycles. The number of carbonyl (C=O) groups is 1. The molecule has 0 saturated heterocycles. The molecule has 24 heavy (non-hydrogen) atoms. The first-order valence-corrected chi connectivity index (χ1v) is 6.69. The summed E-state index contributed by atoms with van der Waals surface area (Å²) in [7, 11) is 0. The van der Waals surface area contributed by atoms with E-state index in [-0.39, 0.29) is 0 Å². The molecule has 2 rings (SSSR count). The summed E-state index contributed by atoms with van der Waals surface area (Å²) in [4.78, 5) is 11.7. The van der Waals surface area contributed by atoms with Crippen LogP contribution in [0.1, 0.15) is 21.5 Å². The van der Waals surface area contributed by atoms with Crippen molar-refractivity contribution < 1.29 is 31.1 Å². The van der Waals surface area contributed by atoms with Crippen LogP contribution < -0.4 is 5.32 Å². The van der Waals surface area contributed by atoms with Crippen LogP contribution in [0.4, 0.5) is 26.3 Å². The molecule has 0 aliphatic heterocycles. The van der Waals surface area contributed by atoms with Crippen LogP contribution in [0.3, 0.4) is 0 Å². The normalized spacial score (nSPS) is 12.1. The smallest absolute Gasteiger partial charge is 0.346 e. The largest absolute Gasteiger partial charge is 0.416 e. The monoisotopic (exact) mass is 347 g/mol. The molecular weight excluding hydrogens is 336 g/mol. The maximum absolute atomic E-state index is 14.0. The molecule has 0 atom stereocenters. The molecule has 0 spiro atoms. The molecule has 8 heteroatoms. The summed E-state index contributed by atoms with van der Waals surface area (Å²) in [6.45, 7) is -1.18. The second-order valence-corrected chi connectivity index (χ2v) is 4.94. The quantitative estimate of drug-likeness (QED) is 0.818. The molecule has 0 aliphatic carbocycles. The van der Waals surface area contributed by atoms with Gasteiger partial charge in [0.15, 0.2) is 0 Å². The zero-order valence-electron chi connectivity index (χ0n) is 12.0. The van der Waals surface area contributed by atoms with E-state index < -0.39 is 47.1 Å². The van der Waals surface area contributed by atoms with Gasteiger partial charge in [-0.05, 0) is 24.3 Å². The van der Waals surface area contributed by atoms with E-state index in [4.69, 9.17) is 0 Å². The molecule has 0 aliphatic rings. The lowest BCUT2D eigenvalue weighted by molar-refractivity contribution is -0.137. The van der Waals surface area contributed by atoms with Crippen molar-refractivity contribution in [3.05, 3.63) is 71.0 Å². The van der Waals surface area contributed by atoms with Gasteiger partial charge in [0, 0.05) is 5.56 Å². The van der Waals surface area contributed by atoms with Crippen LogP contribution in [0.25, 0.3) is 0 Å². The Hall–Kier alpha value is -2.51. The summed E-state index contributed by atoms with van der Waals surface area (Å²) in [5.41, 5.74) is -2.15. The van der Waals surface area contributed by atoms with Crippen LogP contribution >= 0.6 is 0 Å². The van der Waals surface area contributed by atoms with Gasteiger partial charge in [0.25, 0.3) is 11.8 Å². The number of rotatable bonds is 4. The highest BCUT2D eigenvalue weighted by Gasteiger charge is 2.35. The molecule has 1 N–H and O–H groups in total. The van der Waals surface area contributed by atoms with Gasteiger partial charge in [-0.1, -0.05) is 24.3 Å². The van der Waals surface area contributed by atoms with Crippen LogP contribution in [0.2, 0.25) is 0 Å². The van der Waals surface area contributed by atoms with Gasteiger partial charge in [-0.15, -0.1) is 0 Å². The Morgan fingerprint density at radius 3 is 1.96 bits per heavy atom. The summed E-state index contributed by atoms with van der Waals surface area (Å²) < 4.78 is 78.6. The standard InChI is InChI=1S/C16H11F6NO/c17-13-4-2-1-3-12(13)14(24)23-9-15(18,19)10-5-7-11(8-6-10)16(20,21)22/h1-8H,9H2,(H,23,24). The average Bonchev–Trinajstić information content (AvgIpc) is 2.52. The first-order chi connectivity index (χ1) is 11.1. The number of hydrogen-bond acceptors (Lipinski definition) is 1. The van der Waals surface area contributed by atoms with E-state index in [1.54, 1.807) is 0 Å². The van der Waals surface area contributed by atoms with Gasteiger partial charge in [-0.2, -0.15) is 22.0 Å². The molecule has 128 valence electrons. The molecule has 2 aromatic rings. The van der Waals surface area contributed by atoms with Crippen LogP contribution in [-0.4, -0.2) is 12.5 Å². The molecule has 2 nitrogen and oxygen atoms in total. The molecule has 0 radical (unpaired) electrons. The number of halogens is 6. The van der Waals surface area contributed by atoms with Crippen LogP contribution in [0.5, 0.6) is 0 Å². The van der Waals surface area contributed by atoms with Gasteiger partial charge in [0.2, 0.25) is 0 Å². The zero-order chi connectivity index (χ0) is 18.0. The fourth-order valence-corrected chi connectivity index (χ4v) is 1.94. The molecule has 0 fully saturated rings. The summed E-state index contributed by atoms with van der Waals surface area (Å²) in [5.74, 6) is -5.52. The van der Waals surface area contributed by atoms with E-state index >= 15 is 0 Å². The van der Waals surface area contributed by atoms with Crippen LogP contribution in [0, 0.1) is 5.82 Å². The molecule has 0 unspecified atom stereocenters. The molecule has 0 aromatic heterocycles.